The lowest BCUT2D eigenvalue weighted by atomic mass is 10.1. The predicted molar refractivity (Wildman–Crippen MR) is 124 cm³/mol. The van der Waals surface area contributed by atoms with Crippen LogP contribution in [0.5, 0.6) is 5.75 Å². The zero-order valence-corrected chi connectivity index (χ0v) is 18.8. The third kappa shape index (κ3) is 6.19. The van der Waals surface area contributed by atoms with Gasteiger partial charge in [-0.1, -0.05) is 18.2 Å². The fourth-order valence-electron chi connectivity index (χ4n) is 2.76. The monoisotopic (exact) mass is 566 g/mol. The van der Waals surface area contributed by atoms with E-state index in [1.54, 1.807) is 36.4 Å². The molecule has 0 unspecified atom stereocenters. The van der Waals surface area contributed by atoms with Crippen LogP contribution in [-0.4, -0.2) is 11.1 Å². The first-order valence-electron chi connectivity index (χ1n) is 9.24. The molecule has 0 saturated carbocycles. The lowest BCUT2D eigenvalue weighted by molar-refractivity contribution is -0.384. The molecule has 0 spiro atoms. The van der Waals surface area contributed by atoms with Gasteiger partial charge in [-0.2, -0.15) is 23.5 Å². The number of alkyl halides is 3. The van der Waals surface area contributed by atoms with Crippen molar-refractivity contribution in [1.82, 2.24) is 0 Å². The number of nitrogens with one attached hydrogen (secondary N) is 1. The summed E-state index contributed by atoms with van der Waals surface area (Å²) in [7, 11) is 0. The van der Waals surface area contributed by atoms with Gasteiger partial charge in [0.1, 0.15) is 18.0 Å². The van der Waals surface area contributed by atoms with Gasteiger partial charge in [0.25, 0.3) is 5.69 Å². The van der Waals surface area contributed by atoms with Crippen LogP contribution in [0.3, 0.4) is 0 Å². The molecule has 168 valence electrons. The van der Waals surface area contributed by atoms with Crippen LogP contribution in [0, 0.1) is 25.0 Å². The maximum atomic E-state index is 12.8. The van der Waals surface area contributed by atoms with E-state index in [2.05, 4.69) is 39.2 Å². The van der Waals surface area contributed by atoms with E-state index in [-0.39, 0.29) is 12.3 Å². The topological polar surface area (TPSA) is 101 Å². The highest BCUT2D eigenvalue weighted by Gasteiger charge is 2.33. The Kier molecular flexibility index (Phi) is 7.49. The van der Waals surface area contributed by atoms with Crippen LogP contribution < -0.4 is 10.2 Å². The number of anilines is 1. The molecule has 33 heavy (non-hydrogen) atoms. The molecule has 0 aliphatic heterocycles. The van der Waals surface area contributed by atoms with Gasteiger partial charge < -0.3 is 4.74 Å². The van der Waals surface area contributed by atoms with Crippen molar-refractivity contribution in [2.24, 2.45) is 5.10 Å². The molecule has 0 bridgehead atoms. The lowest BCUT2D eigenvalue weighted by Gasteiger charge is -2.10. The number of hydrogen-bond acceptors (Lipinski definition) is 6. The third-order valence-electron chi connectivity index (χ3n) is 4.40. The minimum Gasteiger partial charge on any atom is -0.488 e. The first kappa shape index (κ1) is 24.0. The van der Waals surface area contributed by atoms with Crippen LogP contribution in [0.25, 0.3) is 0 Å². The van der Waals surface area contributed by atoms with Crippen molar-refractivity contribution >= 4 is 40.2 Å². The van der Waals surface area contributed by atoms with E-state index in [1.165, 1.54) is 6.21 Å². The highest BCUT2D eigenvalue weighted by atomic mass is 127. The number of hydrazone groups is 1. The summed E-state index contributed by atoms with van der Waals surface area (Å²) < 4.78 is 44.9. The number of nitro benzene ring substituents is 1. The zero-order valence-electron chi connectivity index (χ0n) is 16.6. The van der Waals surface area contributed by atoms with Gasteiger partial charge in [0.15, 0.2) is 0 Å². The Bertz CT molecular complexity index is 1260. The van der Waals surface area contributed by atoms with Crippen molar-refractivity contribution in [1.29, 1.82) is 5.26 Å². The molecular formula is C22H14F3IN4O3. The van der Waals surface area contributed by atoms with Gasteiger partial charge in [-0.3, -0.25) is 15.5 Å². The first-order chi connectivity index (χ1) is 15.7. The molecule has 0 saturated heterocycles. The summed E-state index contributed by atoms with van der Waals surface area (Å²) in [6.45, 7) is 0.215. The Hall–Kier alpha value is -3.66. The molecule has 1 N–H and O–H groups in total. The van der Waals surface area contributed by atoms with Crippen molar-refractivity contribution in [2.75, 3.05) is 5.43 Å². The van der Waals surface area contributed by atoms with Crippen LogP contribution in [0.15, 0.2) is 65.8 Å². The molecule has 0 amide bonds. The minimum absolute atomic E-state index is 0.171. The van der Waals surface area contributed by atoms with Crippen molar-refractivity contribution in [2.45, 2.75) is 12.8 Å². The maximum absolute atomic E-state index is 12.8. The Morgan fingerprint density at radius 2 is 1.94 bits per heavy atom. The Balaban J connectivity index is 1.70. The van der Waals surface area contributed by atoms with E-state index in [9.17, 15) is 23.3 Å². The van der Waals surface area contributed by atoms with E-state index in [4.69, 9.17) is 10.00 Å². The molecule has 0 atom stereocenters. The first-order valence-corrected chi connectivity index (χ1v) is 10.3. The molecule has 0 aliphatic carbocycles. The molecular weight excluding hydrogens is 552 g/mol. The van der Waals surface area contributed by atoms with E-state index < -0.39 is 22.4 Å². The number of nitriles is 1. The van der Waals surface area contributed by atoms with Gasteiger partial charge in [0, 0.05) is 11.6 Å². The van der Waals surface area contributed by atoms with Crippen LogP contribution in [0.1, 0.15) is 22.3 Å². The van der Waals surface area contributed by atoms with E-state index in [1.807, 2.05) is 6.07 Å². The second-order valence-electron chi connectivity index (χ2n) is 6.60. The third-order valence-corrected chi connectivity index (χ3v) is 5.24. The molecule has 3 aromatic carbocycles. The lowest BCUT2D eigenvalue weighted by Crippen LogP contribution is -2.06. The van der Waals surface area contributed by atoms with Gasteiger partial charge in [-0.15, -0.1) is 0 Å². The van der Waals surface area contributed by atoms with Gasteiger partial charge in [-0.05, 0) is 64.6 Å². The fraction of sp³-hybridized carbons (Fsp3) is 0.0909. The largest absolute Gasteiger partial charge is 0.488 e. The number of rotatable bonds is 7. The summed E-state index contributed by atoms with van der Waals surface area (Å²) >= 11 is 2.07. The molecule has 0 aliphatic rings. The number of nitrogens with zero attached hydrogens (tertiary/aromatic N) is 3. The van der Waals surface area contributed by atoms with Gasteiger partial charge in [-0.25, -0.2) is 0 Å². The quantitative estimate of drug-likeness (QED) is 0.161. The SMILES string of the molecule is N#Cc1ccccc1COc1ccc(/C=N\Nc2ccc(C(F)(F)F)cc2[N+](=O)[O-])cc1I. The summed E-state index contributed by atoms with van der Waals surface area (Å²) in [6, 6.07) is 16.5. The van der Waals surface area contributed by atoms with Crippen molar-refractivity contribution in [3.8, 4) is 11.8 Å². The average molecular weight is 566 g/mol. The van der Waals surface area contributed by atoms with Gasteiger partial charge in [0.2, 0.25) is 0 Å². The van der Waals surface area contributed by atoms with Gasteiger partial charge in [0.05, 0.1) is 31.9 Å². The molecule has 0 heterocycles. The van der Waals surface area contributed by atoms with E-state index in [0.29, 0.717) is 22.9 Å². The average Bonchev–Trinajstić information content (AvgIpc) is 2.78. The predicted octanol–water partition coefficient (Wildman–Crippen LogP) is 6.11. The minimum atomic E-state index is -4.69. The summed E-state index contributed by atoms with van der Waals surface area (Å²) in [5.41, 5.74) is 2.29. The molecule has 7 nitrogen and oxygen atoms in total. The summed E-state index contributed by atoms with van der Waals surface area (Å²) in [5.74, 6) is 0.590. The highest BCUT2D eigenvalue weighted by Crippen LogP contribution is 2.35. The molecule has 0 fully saturated rings. The second-order valence-corrected chi connectivity index (χ2v) is 7.77. The normalized spacial score (nSPS) is 11.2. The zero-order chi connectivity index (χ0) is 24.0. The van der Waals surface area contributed by atoms with E-state index in [0.717, 1.165) is 21.3 Å². The van der Waals surface area contributed by atoms with Crippen LogP contribution in [-0.2, 0) is 12.8 Å². The Labute approximate surface area is 199 Å². The number of halogens is 4. The summed E-state index contributed by atoms with van der Waals surface area (Å²) in [5, 5.41) is 24.2. The van der Waals surface area contributed by atoms with Crippen LogP contribution in [0.4, 0.5) is 24.5 Å². The Morgan fingerprint density at radius 3 is 2.61 bits per heavy atom. The molecule has 11 heteroatoms. The fourth-order valence-corrected chi connectivity index (χ4v) is 3.45. The van der Waals surface area contributed by atoms with Crippen molar-refractivity contribution in [3.63, 3.8) is 0 Å². The highest BCUT2D eigenvalue weighted by molar-refractivity contribution is 14.1. The smallest absolute Gasteiger partial charge is 0.416 e. The van der Waals surface area contributed by atoms with E-state index >= 15 is 0 Å². The standard InChI is InChI=1S/C22H14F3IN4O3/c23-22(24,25)17-6-7-19(20(10-17)30(31)32)29-28-12-14-5-8-21(18(26)9-14)33-13-16-4-2-1-3-15(16)11-27/h1-10,12,29H,13H2/b28-12-. The number of nitro groups is 1. The maximum Gasteiger partial charge on any atom is 0.416 e. The molecule has 3 rings (SSSR count). The van der Waals surface area contributed by atoms with Crippen molar-refractivity contribution < 1.29 is 22.8 Å². The number of ether oxygens (including phenoxy) is 1. The molecule has 0 radical (unpaired) electrons. The van der Waals surface area contributed by atoms with Gasteiger partial charge >= 0.3 is 6.18 Å². The molecule has 0 aromatic heterocycles. The summed E-state index contributed by atoms with van der Waals surface area (Å²) in [4.78, 5) is 10.2. The van der Waals surface area contributed by atoms with Crippen LogP contribution in [0.2, 0.25) is 0 Å². The van der Waals surface area contributed by atoms with Crippen LogP contribution >= 0.6 is 22.6 Å². The van der Waals surface area contributed by atoms with Crippen molar-refractivity contribution in [3.05, 3.63) is 96.6 Å². The second kappa shape index (κ2) is 10.3. The number of hydrogen-bond donors (Lipinski definition) is 1. The summed E-state index contributed by atoms with van der Waals surface area (Å²) in [6.07, 6.45) is -3.32. The number of benzene rings is 3. The Morgan fingerprint density at radius 1 is 1.18 bits per heavy atom. The molecule has 3 aromatic rings.